The predicted octanol–water partition coefficient (Wildman–Crippen LogP) is 5.40. The summed E-state index contributed by atoms with van der Waals surface area (Å²) in [4.78, 5) is 12.2. The van der Waals surface area contributed by atoms with Gasteiger partial charge >= 0.3 is 5.97 Å². The fourth-order valence-electron chi connectivity index (χ4n) is 3.15. The number of sulfonamides is 1. The van der Waals surface area contributed by atoms with Crippen LogP contribution >= 0.6 is 11.8 Å². The highest BCUT2D eigenvalue weighted by atomic mass is 32.2. The summed E-state index contributed by atoms with van der Waals surface area (Å²) in [5, 5.41) is 9.22. The first-order valence-electron chi connectivity index (χ1n) is 9.31. The molecule has 7 heteroatoms. The fourth-order valence-corrected chi connectivity index (χ4v) is 5.06. The molecule has 3 aromatic rings. The second kappa shape index (κ2) is 8.93. The number of thioether (sulfide) groups is 1. The zero-order valence-electron chi connectivity index (χ0n) is 17.0. The molecule has 0 saturated heterocycles. The lowest BCUT2D eigenvalue weighted by molar-refractivity contribution is 0.0696. The molecule has 0 amide bonds. The van der Waals surface area contributed by atoms with Crippen LogP contribution in [0.4, 0.5) is 5.69 Å². The highest BCUT2D eigenvalue weighted by molar-refractivity contribution is 7.98. The van der Waals surface area contributed by atoms with Gasteiger partial charge in [0.1, 0.15) is 0 Å². The molecule has 3 aromatic carbocycles. The Morgan fingerprint density at radius 2 is 1.57 bits per heavy atom. The minimum Gasteiger partial charge on any atom is -0.478 e. The van der Waals surface area contributed by atoms with E-state index in [1.807, 2.05) is 12.1 Å². The van der Waals surface area contributed by atoms with Gasteiger partial charge in [0.15, 0.2) is 0 Å². The van der Waals surface area contributed by atoms with Gasteiger partial charge in [-0.2, -0.15) is 0 Å². The Morgan fingerprint density at radius 1 is 0.933 bits per heavy atom. The third kappa shape index (κ3) is 5.43. The number of nitrogens with one attached hydrogen (secondary N) is 1. The van der Waals surface area contributed by atoms with E-state index >= 15 is 0 Å². The van der Waals surface area contributed by atoms with Crippen LogP contribution in [0, 0.1) is 20.8 Å². The van der Waals surface area contributed by atoms with Crippen molar-refractivity contribution in [1.29, 1.82) is 0 Å². The quantitative estimate of drug-likeness (QED) is 0.480. The van der Waals surface area contributed by atoms with Crippen molar-refractivity contribution in [2.45, 2.75) is 36.3 Å². The molecule has 2 N–H and O–H groups in total. The summed E-state index contributed by atoms with van der Waals surface area (Å²) in [7, 11) is -3.88. The van der Waals surface area contributed by atoms with Gasteiger partial charge in [0.05, 0.1) is 10.5 Å². The van der Waals surface area contributed by atoms with Crippen molar-refractivity contribution in [3.63, 3.8) is 0 Å². The smallest absolute Gasteiger partial charge is 0.335 e. The van der Waals surface area contributed by atoms with Crippen molar-refractivity contribution in [3.05, 3.63) is 88.5 Å². The molecule has 0 spiro atoms. The molecule has 0 saturated carbocycles. The number of carboxylic acid groups (broad SMARTS) is 1. The normalized spacial score (nSPS) is 11.3. The van der Waals surface area contributed by atoms with Gasteiger partial charge < -0.3 is 5.11 Å². The number of aryl methyl sites for hydroxylation is 3. The largest absolute Gasteiger partial charge is 0.478 e. The van der Waals surface area contributed by atoms with Crippen LogP contribution in [0.5, 0.6) is 0 Å². The van der Waals surface area contributed by atoms with E-state index in [0.29, 0.717) is 11.3 Å². The number of hydrogen-bond acceptors (Lipinski definition) is 4. The first-order chi connectivity index (χ1) is 14.1. The van der Waals surface area contributed by atoms with E-state index in [1.54, 1.807) is 30.8 Å². The molecule has 0 radical (unpaired) electrons. The number of hydrogen-bond donors (Lipinski definition) is 2. The van der Waals surface area contributed by atoms with E-state index in [-0.39, 0.29) is 10.5 Å². The minimum absolute atomic E-state index is 0.0315. The molecular weight excluding hydrogens is 418 g/mol. The molecule has 0 fully saturated rings. The van der Waals surface area contributed by atoms with Crippen LogP contribution in [-0.2, 0) is 15.8 Å². The van der Waals surface area contributed by atoms with Gasteiger partial charge in [0.25, 0.3) is 10.0 Å². The van der Waals surface area contributed by atoms with E-state index in [4.69, 9.17) is 0 Å². The van der Waals surface area contributed by atoms with Crippen molar-refractivity contribution in [2.75, 3.05) is 4.72 Å². The Bertz CT molecular complexity index is 1170. The Kier molecular flexibility index (Phi) is 6.53. The predicted molar refractivity (Wildman–Crippen MR) is 121 cm³/mol. The van der Waals surface area contributed by atoms with Crippen LogP contribution in [0.25, 0.3) is 0 Å². The number of benzene rings is 3. The van der Waals surface area contributed by atoms with Gasteiger partial charge in [0.2, 0.25) is 0 Å². The molecule has 0 aromatic heterocycles. The van der Waals surface area contributed by atoms with Crippen molar-refractivity contribution in [3.8, 4) is 0 Å². The number of carboxylic acids is 1. The molecule has 0 aliphatic rings. The summed E-state index contributed by atoms with van der Waals surface area (Å²) in [6.45, 7) is 5.78. The average Bonchev–Trinajstić information content (AvgIpc) is 2.66. The standard InChI is InChI=1S/C23H23NO4S2/c1-15-10-16(2)12-18(11-15)14-29-20-7-5-19(6-8-20)24-30(27,28)21-9-4-17(3)22(13-21)23(25)26/h4-13,24H,14H2,1-3H3,(H,25,26). The van der Waals surface area contributed by atoms with Crippen molar-refractivity contribution < 1.29 is 18.3 Å². The maximum Gasteiger partial charge on any atom is 0.335 e. The third-order valence-electron chi connectivity index (χ3n) is 4.54. The first-order valence-corrected chi connectivity index (χ1v) is 11.8. The van der Waals surface area contributed by atoms with Gasteiger partial charge in [-0.05, 0) is 68.3 Å². The van der Waals surface area contributed by atoms with Crippen LogP contribution in [0.2, 0.25) is 0 Å². The Morgan fingerprint density at radius 3 is 2.17 bits per heavy atom. The summed E-state index contributed by atoms with van der Waals surface area (Å²) in [5.74, 6) is -0.329. The summed E-state index contributed by atoms with van der Waals surface area (Å²) in [6.07, 6.45) is 0. The maximum atomic E-state index is 12.6. The summed E-state index contributed by atoms with van der Waals surface area (Å²) >= 11 is 1.68. The van der Waals surface area contributed by atoms with Crippen molar-refractivity contribution >= 4 is 33.4 Å². The minimum atomic E-state index is -3.88. The zero-order valence-corrected chi connectivity index (χ0v) is 18.6. The number of aromatic carboxylic acids is 1. The first kappa shape index (κ1) is 21.9. The monoisotopic (exact) mass is 441 g/mol. The molecule has 0 atom stereocenters. The van der Waals surface area contributed by atoms with Crippen LogP contribution in [0.3, 0.4) is 0 Å². The molecular formula is C23H23NO4S2. The Labute approximate surface area is 181 Å². The molecule has 0 aliphatic heterocycles. The molecule has 0 bridgehead atoms. The van der Waals surface area contributed by atoms with Gasteiger partial charge in [-0.25, -0.2) is 13.2 Å². The molecule has 0 unspecified atom stereocenters. The van der Waals surface area contributed by atoms with E-state index in [1.165, 1.54) is 34.9 Å². The lowest BCUT2D eigenvalue weighted by Crippen LogP contribution is -2.14. The molecule has 0 aliphatic carbocycles. The van der Waals surface area contributed by atoms with Gasteiger partial charge in [0, 0.05) is 16.3 Å². The number of carbonyl (C=O) groups is 1. The van der Waals surface area contributed by atoms with E-state index in [0.717, 1.165) is 10.6 Å². The lowest BCUT2D eigenvalue weighted by atomic mass is 10.1. The van der Waals surface area contributed by atoms with Crippen LogP contribution in [-0.4, -0.2) is 19.5 Å². The lowest BCUT2D eigenvalue weighted by Gasteiger charge is -2.11. The second-order valence-electron chi connectivity index (χ2n) is 7.20. The third-order valence-corrected chi connectivity index (χ3v) is 7.01. The van der Waals surface area contributed by atoms with Crippen LogP contribution < -0.4 is 4.72 Å². The Balaban J connectivity index is 1.70. The number of rotatable bonds is 7. The fraction of sp³-hybridized carbons (Fsp3) is 0.174. The van der Waals surface area contributed by atoms with Crippen LogP contribution in [0.15, 0.2) is 70.5 Å². The molecule has 5 nitrogen and oxygen atoms in total. The number of anilines is 1. The summed E-state index contributed by atoms with van der Waals surface area (Å²) in [5.41, 5.74) is 4.61. The van der Waals surface area contributed by atoms with E-state index in [9.17, 15) is 18.3 Å². The Hall–Kier alpha value is -2.77. The summed E-state index contributed by atoms with van der Waals surface area (Å²) in [6, 6.07) is 17.7. The molecule has 0 heterocycles. The highest BCUT2D eigenvalue weighted by Gasteiger charge is 2.18. The van der Waals surface area contributed by atoms with Gasteiger partial charge in [-0.1, -0.05) is 35.4 Å². The maximum absolute atomic E-state index is 12.6. The van der Waals surface area contributed by atoms with Crippen LogP contribution in [0.1, 0.15) is 32.6 Å². The molecule has 156 valence electrons. The second-order valence-corrected chi connectivity index (χ2v) is 9.93. The van der Waals surface area contributed by atoms with Crippen molar-refractivity contribution in [2.24, 2.45) is 0 Å². The van der Waals surface area contributed by atoms with Crippen molar-refractivity contribution in [1.82, 2.24) is 0 Å². The SMILES string of the molecule is Cc1cc(C)cc(CSc2ccc(NS(=O)(=O)c3ccc(C)c(C(=O)O)c3)cc2)c1. The summed E-state index contributed by atoms with van der Waals surface area (Å²) < 4.78 is 27.8. The highest BCUT2D eigenvalue weighted by Crippen LogP contribution is 2.26. The van der Waals surface area contributed by atoms with E-state index in [2.05, 4.69) is 36.8 Å². The van der Waals surface area contributed by atoms with Gasteiger partial charge in [-0.15, -0.1) is 11.8 Å². The molecule has 30 heavy (non-hydrogen) atoms. The molecule has 3 rings (SSSR count). The topological polar surface area (TPSA) is 83.5 Å². The average molecular weight is 442 g/mol. The van der Waals surface area contributed by atoms with E-state index < -0.39 is 16.0 Å². The van der Waals surface area contributed by atoms with Gasteiger partial charge in [-0.3, -0.25) is 4.72 Å². The zero-order chi connectivity index (χ0) is 21.9.